The second kappa shape index (κ2) is 6.55. The van der Waals surface area contributed by atoms with E-state index in [0.29, 0.717) is 24.3 Å². The van der Waals surface area contributed by atoms with Crippen molar-refractivity contribution in [3.8, 4) is 0 Å². The Morgan fingerprint density at radius 1 is 1.17 bits per heavy atom. The quantitative estimate of drug-likeness (QED) is 0.839. The predicted octanol–water partition coefficient (Wildman–Crippen LogP) is 2.54. The highest BCUT2D eigenvalue weighted by atomic mass is 16.2. The lowest BCUT2D eigenvalue weighted by atomic mass is 9.85. The summed E-state index contributed by atoms with van der Waals surface area (Å²) in [5.74, 6) is 1.57. The number of piperidine rings is 1. The molecule has 1 aliphatic carbocycles. The molecule has 2 fully saturated rings. The molecule has 3 nitrogen and oxygen atoms in total. The second-order valence-corrected chi connectivity index (χ2v) is 6.22. The van der Waals surface area contributed by atoms with Crippen molar-refractivity contribution in [1.29, 1.82) is 0 Å². The lowest BCUT2D eigenvalue weighted by Crippen LogP contribution is -2.51. The molecule has 2 aliphatic rings. The summed E-state index contributed by atoms with van der Waals surface area (Å²) < 4.78 is 0. The van der Waals surface area contributed by atoms with Crippen molar-refractivity contribution in [2.45, 2.75) is 64.3 Å². The average molecular weight is 252 g/mol. The number of hydrogen-bond donors (Lipinski definition) is 1. The number of carbonyl (C=O) groups excluding carboxylic acids is 1. The lowest BCUT2D eigenvalue weighted by molar-refractivity contribution is -0.137. The first-order chi connectivity index (χ1) is 8.72. The Labute approximate surface area is 111 Å². The van der Waals surface area contributed by atoms with E-state index in [-0.39, 0.29) is 6.04 Å². The van der Waals surface area contributed by atoms with Crippen molar-refractivity contribution in [3.63, 3.8) is 0 Å². The van der Waals surface area contributed by atoms with Crippen LogP contribution in [0.1, 0.15) is 58.3 Å². The van der Waals surface area contributed by atoms with Crippen molar-refractivity contribution in [2.24, 2.45) is 17.6 Å². The zero-order valence-electron chi connectivity index (χ0n) is 11.7. The normalized spacial score (nSPS) is 30.4. The number of nitrogens with zero attached hydrogens (tertiary/aromatic N) is 1. The van der Waals surface area contributed by atoms with E-state index < -0.39 is 0 Å². The first-order valence-corrected chi connectivity index (χ1v) is 7.72. The Kier molecular flexibility index (Phi) is 5.04. The van der Waals surface area contributed by atoms with Gasteiger partial charge in [0.15, 0.2) is 0 Å². The van der Waals surface area contributed by atoms with Gasteiger partial charge in [0.05, 0.1) is 0 Å². The summed E-state index contributed by atoms with van der Waals surface area (Å²) in [4.78, 5) is 14.5. The van der Waals surface area contributed by atoms with Crippen LogP contribution in [0.2, 0.25) is 0 Å². The minimum atomic E-state index is 0.287. The Bertz CT molecular complexity index is 274. The topological polar surface area (TPSA) is 46.3 Å². The molecule has 0 bridgehead atoms. The Hall–Kier alpha value is -0.570. The zero-order valence-corrected chi connectivity index (χ0v) is 11.7. The van der Waals surface area contributed by atoms with Crippen LogP contribution < -0.4 is 5.73 Å². The van der Waals surface area contributed by atoms with Gasteiger partial charge in [-0.3, -0.25) is 4.79 Å². The molecule has 1 amide bonds. The van der Waals surface area contributed by atoms with E-state index >= 15 is 0 Å². The van der Waals surface area contributed by atoms with Crippen LogP contribution in [0.15, 0.2) is 0 Å². The zero-order chi connectivity index (χ0) is 13.0. The molecule has 0 aromatic rings. The molecule has 0 aromatic heterocycles. The molecular weight excluding hydrogens is 224 g/mol. The maximum absolute atomic E-state index is 12.5. The van der Waals surface area contributed by atoms with Gasteiger partial charge in [0.1, 0.15) is 0 Å². The maximum Gasteiger partial charge on any atom is 0.223 e. The van der Waals surface area contributed by atoms with Crippen LogP contribution in [-0.2, 0) is 4.79 Å². The standard InChI is InChI=1S/C15H28N2O/c1-12-6-5-9-17(14(12)11-16)15(18)10-13-7-3-2-4-8-13/h12-14H,2-11,16H2,1H3. The summed E-state index contributed by atoms with van der Waals surface area (Å²) in [7, 11) is 0. The smallest absolute Gasteiger partial charge is 0.223 e. The van der Waals surface area contributed by atoms with Gasteiger partial charge in [-0.25, -0.2) is 0 Å². The van der Waals surface area contributed by atoms with Gasteiger partial charge in [-0.15, -0.1) is 0 Å². The number of carbonyl (C=O) groups is 1. The Morgan fingerprint density at radius 3 is 2.56 bits per heavy atom. The molecule has 1 aliphatic heterocycles. The van der Waals surface area contributed by atoms with E-state index in [1.54, 1.807) is 0 Å². The van der Waals surface area contributed by atoms with Crippen LogP contribution in [0.3, 0.4) is 0 Å². The van der Waals surface area contributed by atoms with Gasteiger partial charge in [0, 0.05) is 25.6 Å². The van der Waals surface area contributed by atoms with Crippen LogP contribution in [0.25, 0.3) is 0 Å². The summed E-state index contributed by atoms with van der Waals surface area (Å²) in [6.45, 7) is 3.78. The third kappa shape index (κ3) is 3.25. The van der Waals surface area contributed by atoms with Crippen molar-refractivity contribution < 1.29 is 4.79 Å². The molecule has 0 aromatic carbocycles. The third-order valence-corrected chi connectivity index (χ3v) is 4.87. The van der Waals surface area contributed by atoms with E-state index in [1.807, 2.05) is 0 Å². The Morgan fingerprint density at radius 2 is 1.89 bits per heavy atom. The van der Waals surface area contributed by atoms with Gasteiger partial charge in [-0.2, -0.15) is 0 Å². The monoisotopic (exact) mass is 252 g/mol. The minimum absolute atomic E-state index is 0.287. The molecule has 0 radical (unpaired) electrons. The van der Waals surface area contributed by atoms with E-state index in [9.17, 15) is 4.79 Å². The predicted molar refractivity (Wildman–Crippen MR) is 74.1 cm³/mol. The van der Waals surface area contributed by atoms with Crippen LogP contribution in [0.5, 0.6) is 0 Å². The van der Waals surface area contributed by atoms with E-state index in [4.69, 9.17) is 5.73 Å². The average Bonchev–Trinajstić information content (AvgIpc) is 2.39. The largest absolute Gasteiger partial charge is 0.338 e. The van der Waals surface area contributed by atoms with Gasteiger partial charge in [-0.1, -0.05) is 26.2 Å². The maximum atomic E-state index is 12.5. The number of hydrogen-bond acceptors (Lipinski definition) is 2. The van der Waals surface area contributed by atoms with Gasteiger partial charge in [0.25, 0.3) is 0 Å². The van der Waals surface area contributed by atoms with Gasteiger partial charge < -0.3 is 10.6 Å². The van der Waals surface area contributed by atoms with Crippen molar-refractivity contribution in [2.75, 3.05) is 13.1 Å². The second-order valence-electron chi connectivity index (χ2n) is 6.22. The van der Waals surface area contributed by atoms with Gasteiger partial charge in [-0.05, 0) is 37.5 Å². The van der Waals surface area contributed by atoms with Crippen molar-refractivity contribution in [1.82, 2.24) is 4.90 Å². The first kappa shape index (κ1) is 13.9. The minimum Gasteiger partial charge on any atom is -0.338 e. The number of nitrogens with two attached hydrogens (primary N) is 1. The van der Waals surface area contributed by atoms with E-state index in [2.05, 4.69) is 11.8 Å². The number of amides is 1. The lowest BCUT2D eigenvalue weighted by Gasteiger charge is -2.40. The number of likely N-dealkylation sites (tertiary alicyclic amines) is 1. The highest BCUT2D eigenvalue weighted by molar-refractivity contribution is 5.77. The molecule has 104 valence electrons. The molecule has 2 atom stereocenters. The molecular formula is C15H28N2O. The molecule has 1 saturated heterocycles. The summed E-state index contributed by atoms with van der Waals surface area (Å²) in [6, 6.07) is 0.287. The van der Waals surface area contributed by atoms with Gasteiger partial charge >= 0.3 is 0 Å². The molecule has 18 heavy (non-hydrogen) atoms. The molecule has 3 heteroatoms. The summed E-state index contributed by atoms with van der Waals surface area (Å²) in [5, 5.41) is 0. The SMILES string of the molecule is CC1CCCN(C(=O)CC2CCCCC2)C1CN. The fraction of sp³-hybridized carbons (Fsp3) is 0.933. The van der Waals surface area contributed by atoms with Crippen LogP contribution >= 0.6 is 0 Å². The van der Waals surface area contributed by atoms with Crippen molar-refractivity contribution in [3.05, 3.63) is 0 Å². The van der Waals surface area contributed by atoms with Gasteiger partial charge in [0.2, 0.25) is 5.91 Å². The van der Waals surface area contributed by atoms with Crippen LogP contribution in [-0.4, -0.2) is 29.9 Å². The molecule has 2 unspecified atom stereocenters. The van der Waals surface area contributed by atoms with E-state index in [0.717, 1.165) is 19.4 Å². The molecule has 1 heterocycles. The highest BCUT2D eigenvalue weighted by Gasteiger charge is 2.31. The highest BCUT2D eigenvalue weighted by Crippen LogP contribution is 2.29. The fourth-order valence-corrected chi connectivity index (χ4v) is 3.67. The first-order valence-electron chi connectivity index (χ1n) is 7.72. The van der Waals surface area contributed by atoms with Crippen LogP contribution in [0.4, 0.5) is 0 Å². The number of rotatable bonds is 3. The summed E-state index contributed by atoms with van der Waals surface area (Å²) in [6.07, 6.45) is 9.62. The van der Waals surface area contributed by atoms with Crippen LogP contribution in [0, 0.1) is 11.8 Å². The van der Waals surface area contributed by atoms with E-state index in [1.165, 1.54) is 38.5 Å². The third-order valence-electron chi connectivity index (χ3n) is 4.87. The summed E-state index contributed by atoms with van der Waals surface area (Å²) in [5.41, 5.74) is 5.86. The molecule has 2 rings (SSSR count). The summed E-state index contributed by atoms with van der Waals surface area (Å²) >= 11 is 0. The fourth-order valence-electron chi connectivity index (χ4n) is 3.67. The Balaban J connectivity index is 1.89. The van der Waals surface area contributed by atoms with Crippen molar-refractivity contribution >= 4 is 5.91 Å². The molecule has 0 spiro atoms. The molecule has 2 N–H and O–H groups in total. The molecule has 1 saturated carbocycles.